The average Bonchev–Trinajstić information content (AvgIpc) is 2.20. The van der Waals surface area contributed by atoms with E-state index in [2.05, 4.69) is 5.43 Å². The molecule has 0 bridgehead atoms. The fourth-order valence-corrected chi connectivity index (χ4v) is 2.08. The van der Waals surface area contributed by atoms with Crippen LogP contribution in [0.4, 0.5) is 0 Å². The Hall–Kier alpha value is -0.710. The second kappa shape index (κ2) is 5.90. The maximum atomic E-state index is 10.8. The van der Waals surface area contributed by atoms with Crippen LogP contribution >= 0.6 is 23.4 Å². The van der Waals surface area contributed by atoms with Gasteiger partial charge in [0.25, 0.3) is 0 Å². The van der Waals surface area contributed by atoms with Crippen molar-refractivity contribution in [3.05, 3.63) is 29.3 Å². The first-order valence-corrected chi connectivity index (χ1v) is 5.47. The molecule has 0 spiro atoms. The first-order valence-electron chi connectivity index (χ1n) is 4.11. The highest BCUT2D eigenvalue weighted by Gasteiger charge is 2.01. The predicted molar refractivity (Wildman–Crippen MR) is 59.1 cm³/mol. The third kappa shape index (κ3) is 3.57. The van der Waals surface area contributed by atoms with Crippen LogP contribution in [-0.2, 0) is 4.79 Å². The van der Waals surface area contributed by atoms with Gasteiger partial charge in [-0.05, 0) is 12.1 Å². The Bertz CT molecular complexity index is 319. The van der Waals surface area contributed by atoms with Gasteiger partial charge in [0.15, 0.2) is 0 Å². The number of nitrogens with two attached hydrogens (primary N) is 1. The molecule has 0 aliphatic carbocycles. The minimum Gasteiger partial charge on any atom is -0.294 e. The summed E-state index contributed by atoms with van der Waals surface area (Å²) in [7, 11) is 0. The van der Waals surface area contributed by atoms with Crippen LogP contribution in [0.15, 0.2) is 29.2 Å². The van der Waals surface area contributed by atoms with Crippen molar-refractivity contribution >= 4 is 29.3 Å². The highest BCUT2D eigenvalue weighted by molar-refractivity contribution is 7.99. The number of halogens is 1. The van der Waals surface area contributed by atoms with E-state index < -0.39 is 0 Å². The maximum absolute atomic E-state index is 10.8. The van der Waals surface area contributed by atoms with Gasteiger partial charge in [-0.2, -0.15) is 0 Å². The summed E-state index contributed by atoms with van der Waals surface area (Å²) >= 11 is 7.47. The van der Waals surface area contributed by atoms with E-state index in [9.17, 15) is 4.79 Å². The Morgan fingerprint density at radius 2 is 2.21 bits per heavy atom. The summed E-state index contributed by atoms with van der Waals surface area (Å²) in [6.07, 6.45) is 0.395. The number of hydrogen-bond donors (Lipinski definition) is 2. The molecule has 3 nitrogen and oxygen atoms in total. The number of hydrogen-bond acceptors (Lipinski definition) is 3. The van der Waals surface area contributed by atoms with Gasteiger partial charge < -0.3 is 0 Å². The predicted octanol–water partition coefficient (Wildman–Crippen LogP) is 1.81. The van der Waals surface area contributed by atoms with Crippen LogP contribution in [0, 0.1) is 0 Å². The van der Waals surface area contributed by atoms with Crippen LogP contribution in [0.5, 0.6) is 0 Å². The molecule has 0 unspecified atom stereocenters. The molecule has 1 aromatic carbocycles. The molecule has 76 valence electrons. The van der Waals surface area contributed by atoms with E-state index in [1.165, 1.54) is 0 Å². The number of carbonyl (C=O) groups excluding carboxylic acids is 1. The van der Waals surface area contributed by atoms with E-state index in [1.807, 2.05) is 24.3 Å². The molecule has 1 aromatic rings. The summed E-state index contributed by atoms with van der Waals surface area (Å²) in [5.74, 6) is 5.46. The first kappa shape index (κ1) is 11.4. The number of thioether (sulfide) groups is 1. The van der Waals surface area contributed by atoms with Gasteiger partial charge in [-0.3, -0.25) is 10.2 Å². The number of carbonyl (C=O) groups is 1. The molecule has 0 fully saturated rings. The minimum absolute atomic E-state index is 0.162. The second-order valence-electron chi connectivity index (χ2n) is 2.60. The van der Waals surface area contributed by atoms with Gasteiger partial charge in [-0.25, -0.2) is 5.84 Å². The summed E-state index contributed by atoms with van der Waals surface area (Å²) in [5.41, 5.74) is 2.08. The topological polar surface area (TPSA) is 55.1 Å². The summed E-state index contributed by atoms with van der Waals surface area (Å²) in [6, 6.07) is 7.54. The largest absolute Gasteiger partial charge is 0.294 e. The molecule has 0 aromatic heterocycles. The quantitative estimate of drug-likeness (QED) is 0.359. The summed E-state index contributed by atoms with van der Waals surface area (Å²) in [4.78, 5) is 11.8. The fraction of sp³-hybridized carbons (Fsp3) is 0.222. The van der Waals surface area contributed by atoms with E-state index in [-0.39, 0.29) is 5.91 Å². The maximum Gasteiger partial charge on any atom is 0.234 e. The third-order valence-corrected chi connectivity index (χ3v) is 3.10. The second-order valence-corrected chi connectivity index (χ2v) is 4.14. The average molecular weight is 231 g/mol. The van der Waals surface area contributed by atoms with E-state index in [1.54, 1.807) is 11.8 Å². The van der Waals surface area contributed by atoms with Crippen LogP contribution in [0.1, 0.15) is 6.42 Å². The van der Waals surface area contributed by atoms with Gasteiger partial charge in [-0.1, -0.05) is 23.7 Å². The van der Waals surface area contributed by atoms with Crippen LogP contribution in [0.3, 0.4) is 0 Å². The molecular formula is C9H11ClN2OS. The van der Waals surface area contributed by atoms with Crippen LogP contribution in [0.25, 0.3) is 0 Å². The molecule has 0 saturated carbocycles. The molecule has 0 aliphatic heterocycles. The molecule has 0 aliphatic rings. The van der Waals surface area contributed by atoms with E-state index >= 15 is 0 Å². The molecule has 0 saturated heterocycles. The molecule has 14 heavy (non-hydrogen) atoms. The number of amides is 1. The summed E-state index contributed by atoms with van der Waals surface area (Å²) in [5, 5.41) is 0.714. The highest BCUT2D eigenvalue weighted by Crippen LogP contribution is 2.26. The first-order chi connectivity index (χ1) is 6.74. The van der Waals surface area contributed by atoms with Gasteiger partial charge in [0.1, 0.15) is 0 Å². The Labute approximate surface area is 92.0 Å². The van der Waals surface area contributed by atoms with Crippen molar-refractivity contribution in [3.8, 4) is 0 Å². The Morgan fingerprint density at radius 3 is 2.86 bits per heavy atom. The smallest absolute Gasteiger partial charge is 0.234 e. The lowest BCUT2D eigenvalue weighted by molar-refractivity contribution is -0.120. The third-order valence-electron chi connectivity index (χ3n) is 1.58. The Kier molecular flexibility index (Phi) is 4.79. The lowest BCUT2D eigenvalue weighted by atomic mass is 10.4. The lowest BCUT2D eigenvalue weighted by Gasteiger charge is -2.02. The van der Waals surface area contributed by atoms with Crippen LogP contribution < -0.4 is 11.3 Å². The van der Waals surface area contributed by atoms with Crippen LogP contribution in [0.2, 0.25) is 5.02 Å². The standard InChI is InChI=1S/C9H11ClN2OS/c10-7-3-1-2-4-8(7)14-6-5-9(13)12-11/h1-4H,5-6,11H2,(H,12,13). The minimum atomic E-state index is -0.162. The highest BCUT2D eigenvalue weighted by atomic mass is 35.5. The van der Waals surface area contributed by atoms with Crippen LogP contribution in [-0.4, -0.2) is 11.7 Å². The fourth-order valence-electron chi connectivity index (χ4n) is 0.888. The molecule has 0 atom stereocenters. The van der Waals surface area contributed by atoms with Crippen molar-refractivity contribution in [1.82, 2.24) is 5.43 Å². The Morgan fingerprint density at radius 1 is 1.50 bits per heavy atom. The summed E-state index contributed by atoms with van der Waals surface area (Å²) in [6.45, 7) is 0. The molecular weight excluding hydrogens is 220 g/mol. The van der Waals surface area contributed by atoms with Gasteiger partial charge in [0.05, 0.1) is 5.02 Å². The SMILES string of the molecule is NNC(=O)CCSc1ccccc1Cl. The molecule has 0 heterocycles. The van der Waals surface area contributed by atoms with Crippen molar-refractivity contribution in [1.29, 1.82) is 0 Å². The molecule has 5 heteroatoms. The van der Waals surface area contributed by atoms with Crippen molar-refractivity contribution in [2.75, 3.05) is 5.75 Å². The van der Waals surface area contributed by atoms with Gasteiger partial charge in [0.2, 0.25) is 5.91 Å². The van der Waals surface area contributed by atoms with Gasteiger partial charge >= 0.3 is 0 Å². The van der Waals surface area contributed by atoms with Crippen molar-refractivity contribution in [3.63, 3.8) is 0 Å². The van der Waals surface area contributed by atoms with E-state index in [0.717, 1.165) is 4.90 Å². The molecule has 1 rings (SSSR count). The number of benzene rings is 1. The van der Waals surface area contributed by atoms with Crippen molar-refractivity contribution in [2.45, 2.75) is 11.3 Å². The summed E-state index contributed by atoms with van der Waals surface area (Å²) < 4.78 is 0. The van der Waals surface area contributed by atoms with Gasteiger partial charge in [0, 0.05) is 17.1 Å². The zero-order valence-corrected chi connectivity index (χ0v) is 9.07. The zero-order valence-electron chi connectivity index (χ0n) is 7.50. The number of hydrazine groups is 1. The Balaban J connectivity index is 2.39. The van der Waals surface area contributed by atoms with E-state index in [0.29, 0.717) is 17.2 Å². The normalized spacial score (nSPS) is 9.86. The van der Waals surface area contributed by atoms with Crippen molar-refractivity contribution < 1.29 is 4.79 Å². The number of rotatable bonds is 4. The monoisotopic (exact) mass is 230 g/mol. The molecule has 3 N–H and O–H groups in total. The molecule has 1 amide bonds. The lowest BCUT2D eigenvalue weighted by Crippen LogP contribution is -2.30. The number of nitrogens with one attached hydrogen (secondary N) is 1. The molecule has 0 radical (unpaired) electrons. The van der Waals surface area contributed by atoms with E-state index in [4.69, 9.17) is 17.4 Å². The van der Waals surface area contributed by atoms with Crippen molar-refractivity contribution in [2.24, 2.45) is 5.84 Å². The zero-order chi connectivity index (χ0) is 10.4. The van der Waals surface area contributed by atoms with Gasteiger partial charge in [-0.15, -0.1) is 11.8 Å².